The van der Waals surface area contributed by atoms with Crippen LogP contribution >= 0.6 is 0 Å². The second kappa shape index (κ2) is 7.53. The van der Waals surface area contributed by atoms with Crippen LogP contribution in [-0.2, 0) is 17.6 Å². The highest BCUT2D eigenvalue weighted by Crippen LogP contribution is 2.10. The Morgan fingerprint density at radius 2 is 1.75 bits per heavy atom. The first-order valence-electron chi connectivity index (χ1n) is 7.09. The van der Waals surface area contributed by atoms with Gasteiger partial charge in [-0.25, -0.2) is 4.79 Å². The van der Waals surface area contributed by atoms with Crippen LogP contribution in [0.5, 0.6) is 0 Å². The number of hydrogen-bond acceptors (Lipinski definition) is 2. The monoisotopic (exact) mass is 271 g/mol. The summed E-state index contributed by atoms with van der Waals surface area (Å²) in [6, 6.07) is 14.3. The van der Waals surface area contributed by atoms with Crippen LogP contribution < -0.4 is 0 Å². The van der Waals surface area contributed by atoms with Crippen LogP contribution in [0.1, 0.15) is 41.0 Å². The fraction of sp³-hybridized carbons (Fsp3) is 0.353. The zero-order valence-electron chi connectivity index (χ0n) is 11.9. The standard InChI is InChI=1S/C17H21NO2/c1-20-17(19)16-13-12-15(18-16)11-7-3-6-10-14-8-4-2-5-9-14/h2,4-5,8-9,12-13,18H,3,6-7,10-11H2,1H3. The van der Waals surface area contributed by atoms with E-state index in [0.717, 1.165) is 25.0 Å². The van der Waals surface area contributed by atoms with Crippen molar-refractivity contribution in [2.45, 2.75) is 32.1 Å². The number of nitrogens with one attached hydrogen (secondary N) is 1. The zero-order valence-corrected chi connectivity index (χ0v) is 11.9. The summed E-state index contributed by atoms with van der Waals surface area (Å²) in [5, 5.41) is 0. The van der Waals surface area contributed by atoms with Crippen molar-refractivity contribution in [3.63, 3.8) is 0 Å². The lowest BCUT2D eigenvalue weighted by Gasteiger charge is -2.01. The Balaban J connectivity index is 1.66. The van der Waals surface area contributed by atoms with Crippen molar-refractivity contribution in [3.05, 3.63) is 59.4 Å². The van der Waals surface area contributed by atoms with Crippen molar-refractivity contribution in [3.8, 4) is 0 Å². The summed E-state index contributed by atoms with van der Waals surface area (Å²) >= 11 is 0. The third-order valence-corrected chi connectivity index (χ3v) is 3.41. The van der Waals surface area contributed by atoms with Crippen LogP contribution in [-0.4, -0.2) is 18.1 Å². The molecule has 1 aromatic carbocycles. The summed E-state index contributed by atoms with van der Waals surface area (Å²) in [5.41, 5.74) is 3.04. The molecule has 3 heteroatoms. The Kier molecular flexibility index (Phi) is 5.42. The molecule has 1 aromatic heterocycles. The van der Waals surface area contributed by atoms with Crippen LogP contribution in [0.4, 0.5) is 0 Å². The number of methoxy groups -OCH3 is 1. The third kappa shape index (κ3) is 4.26. The second-order valence-electron chi connectivity index (χ2n) is 4.94. The summed E-state index contributed by atoms with van der Waals surface area (Å²) < 4.78 is 4.67. The first kappa shape index (κ1) is 14.4. The largest absolute Gasteiger partial charge is 0.464 e. The molecular formula is C17H21NO2. The molecule has 0 fully saturated rings. The second-order valence-corrected chi connectivity index (χ2v) is 4.94. The number of aryl methyl sites for hydroxylation is 2. The molecule has 0 spiro atoms. The SMILES string of the molecule is COC(=O)c1ccc(CCCCCc2ccccc2)[nH]1. The molecule has 0 radical (unpaired) electrons. The van der Waals surface area contributed by atoms with Gasteiger partial charge >= 0.3 is 5.97 Å². The van der Waals surface area contributed by atoms with Gasteiger partial charge in [0.2, 0.25) is 0 Å². The van der Waals surface area contributed by atoms with Gasteiger partial charge in [-0.3, -0.25) is 0 Å². The van der Waals surface area contributed by atoms with Crippen LogP contribution in [0, 0.1) is 0 Å². The quantitative estimate of drug-likeness (QED) is 0.615. The molecule has 0 unspecified atom stereocenters. The van der Waals surface area contributed by atoms with Crippen molar-refractivity contribution in [2.24, 2.45) is 0 Å². The fourth-order valence-electron chi connectivity index (χ4n) is 2.28. The minimum absolute atomic E-state index is 0.305. The van der Waals surface area contributed by atoms with E-state index in [0.29, 0.717) is 5.69 Å². The highest BCUT2D eigenvalue weighted by molar-refractivity contribution is 5.87. The number of rotatable bonds is 7. The average molecular weight is 271 g/mol. The van der Waals surface area contributed by atoms with E-state index in [1.807, 2.05) is 12.1 Å². The van der Waals surface area contributed by atoms with E-state index in [1.165, 1.54) is 25.5 Å². The molecule has 2 aromatic rings. The molecule has 1 heterocycles. The molecule has 0 aliphatic rings. The molecule has 0 saturated carbocycles. The summed E-state index contributed by atoms with van der Waals surface area (Å²) in [6.07, 6.45) is 5.65. The number of aromatic amines is 1. The van der Waals surface area contributed by atoms with Gasteiger partial charge in [0.25, 0.3) is 0 Å². The highest BCUT2D eigenvalue weighted by atomic mass is 16.5. The molecule has 0 aliphatic heterocycles. The summed E-state index contributed by atoms with van der Waals surface area (Å²) in [4.78, 5) is 14.4. The Bertz CT molecular complexity index is 531. The third-order valence-electron chi connectivity index (χ3n) is 3.41. The van der Waals surface area contributed by atoms with E-state index in [-0.39, 0.29) is 5.97 Å². The molecule has 106 valence electrons. The van der Waals surface area contributed by atoms with Crippen LogP contribution in [0.25, 0.3) is 0 Å². The van der Waals surface area contributed by atoms with Crippen molar-refractivity contribution < 1.29 is 9.53 Å². The van der Waals surface area contributed by atoms with Gasteiger partial charge in [-0.1, -0.05) is 36.8 Å². The molecule has 3 nitrogen and oxygen atoms in total. The Hall–Kier alpha value is -2.03. The van der Waals surface area contributed by atoms with Gasteiger partial charge in [0.15, 0.2) is 0 Å². The van der Waals surface area contributed by atoms with Gasteiger partial charge in [-0.05, 0) is 43.4 Å². The smallest absolute Gasteiger partial charge is 0.354 e. The Morgan fingerprint density at radius 1 is 1.00 bits per heavy atom. The number of H-pyrrole nitrogens is 1. The lowest BCUT2D eigenvalue weighted by Crippen LogP contribution is -2.01. The first-order chi connectivity index (χ1) is 9.79. The normalized spacial score (nSPS) is 10.4. The van der Waals surface area contributed by atoms with Crippen molar-refractivity contribution >= 4 is 5.97 Å². The van der Waals surface area contributed by atoms with E-state index in [1.54, 1.807) is 6.07 Å². The van der Waals surface area contributed by atoms with Crippen LogP contribution in [0.15, 0.2) is 42.5 Å². The lowest BCUT2D eigenvalue weighted by molar-refractivity contribution is 0.0594. The van der Waals surface area contributed by atoms with Gasteiger partial charge in [-0.2, -0.15) is 0 Å². The van der Waals surface area contributed by atoms with Gasteiger partial charge in [0.1, 0.15) is 5.69 Å². The molecule has 0 saturated heterocycles. The molecule has 0 amide bonds. The number of ether oxygens (including phenoxy) is 1. The molecule has 20 heavy (non-hydrogen) atoms. The topological polar surface area (TPSA) is 42.1 Å². The van der Waals surface area contributed by atoms with Crippen molar-refractivity contribution in [1.82, 2.24) is 4.98 Å². The summed E-state index contributed by atoms with van der Waals surface area (Å²) in [5.74, 6) is -0.305. The maximum absolute atomic E-state index is 11.3. The number of esters is 1. The molecule has 0 atom stereocenters. The molecular weight excluding hydrogens is 250 g/mol. The Labute approximate surface area is 120 Å². The van der Waals surface area contributed by atoms with Crippen molar-refractivity contribution in [1.29, 1.82) is 0 Å². The van der Waals surface area contributed by atoms with E-state index in [2.05, 4.69) is 34.0 Å². The lowest BCUT2D eigenvalue weighted by atomic mass is 10.1. The summed E-state index contributed by atoms with van der Waals surface area (Å²) in [7, 11) is 1.40. The minimum Gasteiger partial charge on any atom is -0.464 e. The zero-order chi connectivity index (χ0) is 14.2. The van der Waals surface area contributed by atoms with E-state index in [4.69, 9.17) is 0 Å². The maximum atomic E-state index is 11.3. The van der Waals surface area contributed by atoms with Crippen molar-refractivity contribution in [2.75, 3.05) is 7.11 Å². The predicted molar refractivity (Wildman–Crippen MR) is 79.8 cm³/mol. The number of carbonyl (C=O) groups excluding carboxylic acids is 1. The minimum atomic E-state index is -0.305. The molecule has 2 rings (SSSR count). The Morgan fingerprint density at radius 3 is 2.50 bits per heavy atom. The van der Waals surface area contributed by atoms with Crippen LogP contribution in [0.3, 0.4) is 0 Å². The molecule has 0 bridgehead atoms. The molecule has 1 N–H and O–H groups in total. The van der Waals surface area contributed by atoms with Gasteiger partial charge in [0.05, 0.1) is 7.11 Å². The number of aromatic nitrogens is 1. The number of benzene rings is 1. The fourth-order valence-corrected chi connectivity index (χ4v) is 2.28. The van der Waals surface area contributed by atoms with Gasteiger partial charge in [-0.15, -0.1) is 0 Å². The number of hydrogen-bond donors (Lipinski definition) is 1. The van der Waals surface area contributed by atoms with E-state index >= 15 is 0 Å². The van der Waals surface area contributed by atoms with Gasteiger partial charge in [0, 0.05) is 5.69 Å². The predicted octanol–water partition coefficient (Wildman–Crippen LogP) is 3.76. The average Bonchev–Trinajstić information content (AvgIpc) is 2.96. The van der Waals surface area contributed by atoms with E-state index in [9.17, 15) is 4.79 Å². The first-order valence-corrected chi connectivity index (χ1v) is 7.09. The van der Waals surface area contributed by atoms with Gasteiger partial charge < -0.3 is 9.72 Å². The number of unbranched alkanes of at least 4 members (excludes halogenated alkanes) is 2. The summed E-state index contributed by atoms with van der Waals surface area (Å²) in [6.45, 7) is 0. The highest BCUT2D eigenvalue weighted by Gasteiger charge is 2.07. The molecule has 0 aliphatic carbocycles. The van der Waals surface area contributed by atoms with Crippen LogP contribution in [0.2, 0.25) is 0 Å². The van der Waals surface area contributed by atoms with E-state index < -0.39 is 0 Å². The number of carbonyl (C=O) groups is 1. The maximum Gasteiger partial charge on any atom is 0.354 e.